The predicted molar refractivity (Wildman–Crippen MR) is 105 cm³/mol. The minimum absolute atomic E-state index is 0.0417. The van der Waals surface area contributed by atoms with Gasteiger partial charge < -0.3 is 10.0 Å². The summed E-state index contributed by atoms with van der Waals surface area (Å²) in [5.74, 6) is -0.0382. The fraction of sp³-hybridized carbons (Fsp3) is 0.682. The second kappa shape index (κ2) is 9.01. The number of nitrogens with zero attached hydrogens (tertiary/aromatic N) is 2. The first-order valence-corrected chi connectivity index (χ1v) is 10.5. The lowest BCUT2D eigenvalue weighted by Crippen LogP contribution is -2.56. The Labute approximate surface area is 158 Å². The van der Waals surface area contributed by atoms with Crippen molar-refractivity contribution in [2.45, 2.75) is 57.5 Å². The molecule has 4 nitrogen and oxygen atoms in total. The number of unbranched alkanes of at least 4 members (excludes halogenated alkanes) is 2. The van der Waals surface area contributed by atoms with Crippen molar-refractivity contribution in [3.05, 3.63) is 35.9 Å². The van der Waals surface area contributed by atoms with Gasteiger partial charge in [-0.1, -0.05) is 62.9 Å². The molecular formula is C22H34N2O2. The Morgan fingerprint density at radius 1 is 1.08 bits per heavy atom. The van der Waals surface area contributed by atoms with E-state index in [1.165, 1.54) is 19.3 Å². The quantitative estimate of drug-likeness (QED) is 0.760. The fourth-order valence-electron chi connectivity index (χ4n) is 4.57. The Bertz CT molecular complexity index is 563. The maximum absolute atomic E-state index is 13.4. The normalized spacial score (nSPS) is 21.7. The average Bonchev–Trinajstić information content (AvgIpc) is 3.23. The van der Waals surface area contributed by atoms with Crippen LogP contribution in [-0.2, 0) is 10.4 Å². The summed E-state index contributed by atoms with van der Waals surface area (Å²) >= 11 is 0. The third-order valence-corrected chi connectivity index (χ3v) is 6.22. The van der Waals surface area contributed by atoms with Crippen LogP contribution in [0.2, 0.25) is 0 Å². The van der Waals surface area contributed by atoms with E-state index >= 15 is 0 Å². The Balaban J connectivity index is 1.69. The molecule has 144 valence electrons. The Morgan fingerprint density at radius 3 is 2.35 bits per heavy atom. The van der Waals surface area contributed by atoms with Crippen LogP contribution in [0, 0.1) is 5.92 Å². The second-order valence-electron chi connectivity index (χ2n) is 7.95. The summed E-state index contributed by atoms with van der Waals surface area (Å²) in [6.07, 6.45) is 7.85. The molecule has 0 bridgehead atoms. The lowest BCUT2D eigenvalue weighted by atomic mass is 9.79. The Kier molecular flexibility index (Phi) is 6.71. The molecule has 1 atom stereocenters. The number of aliphatic hydroxyl groups is 1. The standard InChI is InChI=1S/C22H34N2O2/c1-2-3-9-14-23-15-17-24(18-16-23)21(25)22(26,20-12-7-8-13-20)19-10-5-4-6-11-19/h4-6,10-11,20,26H,2-3,7-9,12-18H2,1H3/t22-/m0/s1. The van der Waals surface area contributed by atoms with E-state index in [0.717, 1.165) is 64.0 Å². The SMILES string of the molecule is CCCCCN1CCN(C(=O)[C@](O)(c2ccccc2)C2CCCC2)CC1. The van der Waals surface area contributed by atoms with Gasteiger partial charge in [-0.2, -0.15) is 0 Å². The smallest absolute Gasteiger partial charge is 0.259 e. The molecule has 0 unspecified atom stereocenters. The van der Waals surface area contributed by atoms with Gasteiger partial charge >= 0.3 is 0 Å². The first-order valence-electron chi connectivity index (χ1n) is 10.5. The third-order valence-electron chi connectivity index (χ3n) is 6.22. The highest BCUT2D eigenvalue weighted by Crippen LogP contribution is 2.42. The molecule has 26 heavy (non-hydrogen) atoms. The predicted octanol–water partition coefficient (Wildman–Crippen LogP) is 3.40. The highest BCUT2D eigenvalue weighted by atomic mass is 16.3. The first-order chi connectivity index (χ1) is 12.7. The Morgan fingerprint density at radius 2 is 1.73 bits per heavy atom. The molecular weight excluding hydrogens is 324 g/mol. The largest absolute Gasteiger partial charge is 0.375 e. The summed E-state index contributed by atoms with van der Waals surface area (Å²) in [4.78, 5) is 17.8. The van der Waals surface area contributed by atoms with Crippen molar-refractivity contribution < 1.29 is 9.90 Å². The molecule has 1 aliphatic heterocycles. The van der Waals surface area contributed by atoms with Crippen molar-refractivity contribution in [1.29, 1.82) is 0 Å². The van der Waals surface area contributed by atoms with Crippen molar-refractivity contribution in [3.8, 4) is 0 Å². The van der Waals surface area contributed by atoms with Gasteiger partial charge in [0.2, 0.25) is 0 Å². The highest BCUT2D eigenvalue weighted by Gasteiger charge is 2.48. The van der Waals surface area contributed by atoms with E-state index in [-0.39, 0.29) is 11.8 Å². The van der Waals surface area contributed by atoms with Crippen LogP contribution in [0.1, 0.15) is 57.4 Å². The maximum atomic E-state index is 13.4. The van der Waals surface area contributed by atoms with E-state index < -0.39 is 5.60 Å². The van der Waals surface area contributed by atoms with E-state index in [9.17, 15) is 9.90 Å². The molecule has 1 saturated heterocycles. The molecule has 0 aromatic heterocycles. The number of hydrogen-bond donors (Lipinski definition) is 1. The molecule has 4 heteroatoms. The second-order valence-corrected chi connectivity index (χ2v) is 7.95. The number of carbonyl (C=O) groups excluding carboxylic acids is 1. The summed E-state index contributed by atoms with van der Waals surface area (Å²) < 4.78 is 0. The molecule has 1 N–H and O–H groups in total. The molecule has 3 rings (SSSR count). The summed E-state index contributed by atoms with van der Waals surface area (Å²) in [7, 11) is 0. The molecule has 0 radical (unpaired) electrons. The van der Waals surface area contributed by atoms with Gasteiger partial charge in [-0.3, -0.25) is 9.69 Å². The number of benzene rings is 1. The van der Waals surface area contributed by atoms with Gasteiger partial charge in [-0.15, -0.1) is 0 Å². The van der Waals surface area contributed by atoms with E-state index in [2.05, 4.69) is 11.8 Å². The number of hydrogen-bond acceptors (Lipinski definition) is 3. The summed E-state index contributed by atoms with van der Waals surface area (Å²) in [6, 6.07) is 9.62. The van der Waals surface area contributed by atoms with Gasteiger partial charge in [0, 0.05) is 32.1 Å². The van der Waals surface area contributed by atoms with Gasteiger partial charge in [0.1, 0.15) is 0 Å². The molecule has 1 saturated carbocycles. The summed E-state index contributed by atoms with van der Waals surface area (Å²) in [5.41, 5.74) is -0.593. The van der Waals surface area contributed by atoms with Crippen LogP contribution < -0.4 is 0 Å². The number of amides is 1. The summed E-state index contributed by atoms with van der Waals surface area (Å²) in [6.45, 7) is 6.65. The number of rotatable bonds is 7. The minimum atomic E-state index is -1.36. The van der Waals surface area contributed by atoms with Crippen LogP contribution in [0.15, 0.2) is 30.3 Å². The van der Waals surface area contributed by atoms with Crippen molar-refractivity contribution in [1.82, 2.24) is 9.80 Å². The lowest BCUT2D eigenvalue weighted by Gasteiger charge is -2.41. The number of carbonyl (C=O) groups is 1. The average molecular weight is 359 g/mol. The van der Waals surface area contributed by atoms with Gasteiger partial charge in [-0.05, 0) is 31.4 Å². The zero-order valence-electron chi connectivity index (χ0n) is 16.2. The Hall–Kier alpha value is -1.39. The molecule has 1 amide bonds. The third kappa shape index (κ3) is 4.12. The molecule has 1 heterocycles. The topological polar surface area (TPSA) is 43.8 Å². The van der Waals surface area contributed by atoms with Gasteiger partial charge in [0.25, 0.3) is 5.91 Å². The zero-order chi connectivity index (χ0) is 18.4. The molecule has 0 spiro atoms. The van der Waals surface area contributed by atoms with Gasteiger partial charge in [0.15, 0.2) is 5.60 Å². The van der Waals surface area contributed by atoms with Crippen molar-refractivity contribution in [2.24, 2.45) is 5.92 Å². The van der Waals surface area contributed by atoms with Crippen LogP contribution in [0.3, 0.4) is 0 Å². The molecule has 1 aromatic carbocycles. The van der Waals surface area contributed by atoms with E-state index in [4.69, 9.17) is 0 Å². The van der Waals surface area contributed by atoms with Gasteiger partial charge in [-0.25, -0.2) is 0 Å². The molecule has 1 aliphatic carbocycles. The van der Waals surface area contributed by atoms with E-state index in [0.29, 0.717) is 0 Å². The molecule has 1 aromatic rings. The van der Waals surface area contributed by atoms with E-state index in [1.54, 1.807) is 0 Å². The number of piperazine rings is 1. The summed E-state index contributed by atoms with van der Waals surface area (Å²) in [5, 5.41) is 11.6. The van der Waals surface area contributed by atoms with Crippen LogP contribution in [-0.4, -0.2) is 53.5 Å². The van der Waals surface area contributed by atoms with Crippen LogP contribution in [0.25, 0.3) is 0 Å². The van der Waals surface area contributed by atoms with Crippen molar-refractivity contribution in [3.63, 3.8) is 0 Å². The zero-order valence-corrected chi connectivity index (χ0v) is 16.2. The fourth-order valence-corrected chi connectivity index (χ4v) is 4.57. The maximum Gasteiger partial charge on any atom is 0.259 e. The van der Waals surface area contributed by atoms with Gasteiger partial charge in [0.05, 0.1) is 0 Å². The molecule has 2 aliphatic rings. The van der Waals surface area contributed by atoms with Crippen LogP contribution >= 0.6 is 0 Å². The van der Waals surface area contributed by atoms with Crippen LogP contribution in [0.4, 0.5) is 0 Å². The lowest BCUT2D eigenvalue weighted by molar-refractivity contribution is -0.161. The monoisotopic (exact) mass is 358 g/mol. The highest BCUT2D eigenvalue weighted by molar-refractivity contribution is 5.87. The molecule has 2 fully saturated rings. The van der Waals surface area contributed by atoms with Crippen molar-refractivity contribution in [2.75, 3.05) is 32.7 Å². The minimum Gasteiger partial charge on any atom is -0.375 e. The van der Waals surface area contributed by atoms with E-state index in [1.807, 2.05) is 35.2 Å². The first kappa shape index (κ1) is 19.4. The van der Waals surface area contributed by atoms with Crippen molar-refractivity contribution >= 4 is 5.91 Å². The van der Waals surface area contributed by atoms with Crippen LogP contribution in [0.5, 0.6) is 0 Å².